The summed E-state index contributed by atoms with van der Waals surface area (Å²) in [5.41, 5.74) is 7.39. The van der Waals surface area contributed by atoms with Gasteiger partial charge in [-0.25, -0.2) is 0 Å². The Morgan fingerprint density at radius 1 is 1.07 bits per heavy atom. The van der Waals surface area contributed by atoms with Gasteiger partial charge in [0.05, 0.1) is 23.6 Å². The Balaban J connectivity index is 1.76. The molecule has 0 aliphatic carbocycles. The van der Waals surface area contributed by atoms with Gasteiger partial charge in [-0.3, -0.25) is 4.68 Å². The third kappa shape index (κ3) is 4.49. The van der Waals surface area contributed by atoms with E-state index in [1.807, 2.05) is 54.9 Å². The molecule has 0 saturated carbocycles. The molecule has 4 nitrogen and oxygen atoms in total. The Kier molecular flexibility index (Phi) is 5.82. The second-order valence-electron chi connectivity index (χ2n) is 6.66. The van der Waals surface area contributed by atoms with E-state index in [-0.39, 0.29) is 0 Å². The van der Waals surface area contributed by atoms with Gasteiger partial charge in [-0.2, -0.15) is 5.10 Å². The fourth-order valence-electron chi connectivity index (χ4n) is 2.99. The van der Waals surface area contributed by atoms with E-state index in [1.165, 1.54) is 11.1 Å². The summed E-state index contributed by atoms with van der Waals surface area (Å²) in [7, 11) is 0. The van der Waals surface area contributed by atoms with Gasteiger partial charge in [0, 0.05) is 10.7 Å². The van der Waals surface area contributed by atoms with Crippen LogP contribution in [0.5, 0.6) is 0 Å². The molecule has 0 aliphatic rings. The van der Waals surface area contributed by atoms with Gasteiger partial charge < -0.3 is 10.6 Å². The molecule has 0 spiro atoms. The molecule has 0 saturated heterocycles. The Hall–Kier alpha value is -2.37. The van der Waals surface area contributed by atoms with Gasteiger partial charge in [0.15, 0.2) is 5.11 Å². The van der Waals surface area contributed by atoms with Gasteiger partial charge >= 0.3 is 0 Å². The molecule has 0 atom stereocenters. The van der Waals surface area contributed by atoms with Crippen LogP contribution in [0.15, 0.2) is 42.5 Å². The van der Waals surface area contributed by atoms with Crippen molar-refractivity contribution < 1.29 is 0 Å². The first-order valence-electron chi connectivity index (χ1n) is 8.78. The predicted molar refractivity (Wildman–Crippen MR) is 118 cm³/mol. The van der Waals surface area contributed by atoms with Crippen LogP contribution in [0.3, 0.4) is 0 Å². The number of aromatic nitrogens is 2. The van der Waals surface area contributed by atoms with Crippen LogP contribution in [0.25, 0.3) is 0 Å². The van der Waals surface area contributed by atoms with Crippen LogP contribution in [-0.4, -0.2) is 14.9 Å². The minimum Gasteiger partial charge on any atom is -0.332 e. The van der Waals surface area contributed by atoms with Crippen molar-refractivity contribution in [3.63, 3.8) is 0 Å². The summed E-state index contributed by atoms with van der Waals surface area (Å²) < 4.78 is 1.96. The van der Waals surface area contributed by atoms with Crippen LogP contribution in [0.4, 0.5) is 11.4 Å². The maximum atomic E-state index is 6.09. The molecule has 1 aromatic heterocycles. The summed E-state index contributed by atoms with van der Waals surface area (Å²) in [6.07, 6.45) is 0. The van der Waals surface area contributed by atoms with Crippen molar-refractivity contribution >= 4 is 40.3 Å². The zero-order chi connectivity index (χ0) is 19.6. The number of rotatable bonds is 4. The van der Waals surface area contributed by atoms with Gasteiger partial charge in [-0.15, -0.1) is 0 Å². The summed E-state index contributed by atoms with van der Waals surface area (Å²) in [5, 5.41) is 12.5. The van der Waals surface area contributed by atoms with E-state index < -0.39 is 0 Å². The lowest BCUT2D eigenvalue weighted by Gasteiger charge is -2.14. The first-order chi connectivity index (χ1) is 12.8. The van der Waals surface area contributed by atoms with Crippen LogP contribution in [0, 0.1) is 27.7 Å². The summed E-state index contributed by atoms with van der Waals surface area (Å²) in [6.45, 7) is 8.84. The maximum absolute atomic E-state index is 6.09. The van der Waals surface area contributed by atoms with E-state index in [9.17, 15) is 0 Å². The zero-order valence-electron chi connectivity index (χ0n) is 15.9. The lowest BCUT2D eigenvalue weighted by Crippen LogP contribution is -2.20. The van der Waals surface area contributed by atoms with E-state index in [2.05, 4.69) is 35.6 Å². The van der Waals surface area contributed by atoms with Gasteiger partial charge in [0.25, 0.3) is 0 Å². The first kappa shape index (κ1) is 19.4. The lowest BCUT2D eigenvalue weighted by molar-refractivity contribution is 0.659. The molecule has 140 valence electrons. The number of anilines is 2. The quantitative estimate of drug-likeness (QED) is 0.559. The molecule has 0 radical (unpaired) electrons. The molecule has 27 heavy (non-hydrogen) atoms. The van der Waals surface area contributed by atoms with Crippen molar-refractivity contribution in [3.05, 3.63) is 75.6 Å². The number of thiocarbonyl (C=S) groups is 1. The minimum absolute atomic E-state index is 0.553. The maximum Gasteiger partial charge on any atom is 0.175 e. The Bertz CT molecular complexity index is 994. The standard InChI is InChI=1S/C21H23ClN4S/c1-13-7-5-10-19(14(13)2)23-21(27)24-20-15(3)25-26(16(20)4)12-17-8-6-9-18(22)11-17/h5-11H,12H2,1-4H3,(H2,23,24,27). The molecule has 0 unspecified atom stereocenters. The first-order valence-corrected chi connectivity index (χ1v) is 9.56. The molecule has 1 heterocycles. The predicted octanol–water partition coefficient (Wildman–Crippen LogP) is 5.63. The molecule has 3 aromatic rings. The van der Waals surface area contributed by atoms with Crippen LogP contribution < -0.4 is 10.6 Å². The Morgan fingerprint density at radius 2 is 1.81 bits per heavy atom. The number of halogens is 1. The largest absolute Gasteiger partial charge is 0.332 e. The van der Waals surface area contributed by atoms with Gasteiger partial charge in [-0.05, 0) is 74.8 Å². The molecule has 0 bridgehead atoms. The number of hydrogen-bond acceptors (Lipinski definition) is 2. The minimum atomic E-state index is 0.553. The number of hydrogen-bond donors (Lipinski definition) is 2. The summed E-state index contributed by atoms with van der Waals surface area (Å²) in [5.74, 6) is 0. The van der Waals surface area contributed by atoms with E-state index in [4.69, 9.17) is 23.8 Å². The molecular weight excluding hydrogens is 376 g/mol. The summed E-state index contributed by atoms with van der Waals surface area (Å²) in [4.78, 5) is 0. The van der Waals surface area contributed by atoms with E-state index >= 15 is 0 Å². The monoisotopic (exact) mass is 398 g/mol. The Labute approximate surface area is 170 Å². The van der Waals surface area contributed by atoms with E-state index in [0.29, 0.717) is 11.7 Å². The third-order valence-corrected chi connectivity index (χ3v) is 5.13. The smallest absolute Gasteiger partial charge is 0.175 e. The molecule has 2 N–H and O–H groups in total. The molecule has 2 aromatic carbocycles. The molecule has 0 fully saturated rings. The lowest BCUT2D eigenvalue weighted by atomic mass is 10.1. The second-order valence-corrected chi connectivity index (χ2v) is 7.50. The number of benzene rings is 2. The topological polar surface area (TPSA) is 41.9 Å². The van der Waals surface area contributed by atoms with E-state index in [1.54, 1.807) is 0 Å². The highest BCUT2D eigenvalue weighted by molar-refractivity contribution is 7.80. The highest BCUT2D eigenvalue weighted by Gasteiger charge is 2.14. The van der Waals surface area contributed by atoms with Crippen molar-refractivity contribution in [1.29, 1.82) is 0 Å². The number of nitrogens with one attached hydrogen (secondary N) is 2. The zero-order valence-corrected chi connectivity index (χ0v) is 17.5. The Morgan fingerprint density at radius 3 is 2.56 bits per heavy atom. The van der Waals surface area contributed by atoms with Crippen LogP contribution in [0.2, 0.25) is 5.02 Å². The van der Waals surface area contributed by atoms with Crippen LogP contribution >= 0.6 is 23.8 Å². The molecular formula is C21H23ClN4S. The van der Waals surface area contributed by atoms with Crippen molar-refractivity contribution in [2.75, 3.05) is 10.6 Å². The molecule has 3 rings (SSSR count). The van der Waals surface area contributed by atoms with Crippen molar-refractivity contribution in [3.8, 4) is 0 Å². The molecule has 0 aliphatic heterocycles. The SMILES string of the molecule is Cc1cccc(NC(=S)Nc2c(C)nn(Cc3cccc(Cl)c3)c2C)c1C. The molecule has 0 amide bonds. The fraction of sp³-hybridized carbons (Fsp3) is 0.238. The van der Waals surface area contributed by atoms with Crippen molar-refractivity contribution in [2.24, 2.45) is 0 Å². The van der Waals surface area contributed by atoms with Crippen LogP contribution in [-0.2, 0) is 6.54 Å². The van der Waals surface area contributed by atoms with Crippen molar-refractivity contribution in [1.82, 2.24) is 9.78 Å². The van der Waals surface area contributed by atoms with Gasteiger partial charge in [-0.1, -0.05) is 35.9 Å². The highest BCUT2D eigenvalue weighted by atomic mass is 35.5. The highest BCUT2D eigenvalue weighted by Crippen LogP contribution is 2.23. The van der Waals surface area contributed by atoms with Crippen molar-refractivity contribution in [2.45, 2.75) is 34.2 Å². The summed E-state index contributed by atoms with van der Waals surface area (Å²) >= 11 is 11.6. The van der Waals surface area contributed by atoms with E-state index in [0.717, 1.165) is 33.3 Å². The average molecular weight is 399 g/mol. The van der Waals surface area contributed by atoms with Gasteiger partial charge in [0.1, 0.15) is 0 Å². The second kappa shape index (κ2) is 8.11. The fourth-order valence-corrected chi connectivity index (χ4v) is 3.42. The summed E-state index contributed by atoms with van der Waals surface area (Å²) in [6, 6.07) is 14.0. The van der Waals surface area contributed by atoms with Crippen LogP contribution in [0.1, 0.15) is 28.1 Å². The number of aryl methyl sites for hydroxylation is 2. The molecule has 6 heteroatoms. The number of nitrogens with zero attached hydrogens (tertiary/aromatic N) is 2. The normalized spacial score (nSPS) is 10.7. The van der Waals surface area contributed by atoms with Gasteiger partial charge in [0.2, 0.25) is 0 Å². The average Bonchev–Trinajstić information content (AvgIpc) is 2.86. The third-order valence-electron chi connectivity index (χ3n) is 4.69.